The van der Waals surface area contributed by atoms with Crippen molar-refractivity contribution in [3.05, 3.63) is 0 Å². The van der Waals surface area contributed by atoms with E-state index in [1.54, 1.807) is 4.90 Å². The van der Waals surface area contributed by atoms with Gasteiger partial charge in [0.05, 0.1) is 6.54 Å². The SMILES string of the molecule is O=C1NC(=O)[C@@]2(CCN(C(=O)NC3CCCCCCC3)C2)N1. The Labute approximate surface area is 130 Å². The van der Waals surface area contributed by atoms with Crippen LogP contribution in [0.25, 0.3) is 0 Å². The number of likely N-dealkylation sites (tertiary alicyclic amines) is 1. The van der Waals surface area contributed by atoms with Gasteiger partial charge in [-0.15, -0.1) is 0 Å². The minimum absolute atomic E-state index is 0.114. The van der Waals surface area contributed by atoms with Crippen LogP contribution in [0.1, 0.15) is 51.4 Å². The van der Waals surface area contributed by atoms with Gasteiger partial charge >= 0.3 is 12.1 Å². The van der Waals surface area contributed by atoms with Gasteiger partial charge in [0.1, 0.15) is 5.54 Å². The van der Waals surface area contributed by atoms with Gasteiger partial charge in [0.15, 0.2) is 0 Å². The van der Waals surface area contributed by atoms with E-state index in [0.29, 0.717) is 13.0 Å². The molecule has 0 unspecified atom stereocenters. The van der Waals surface area contributed by atoms with E-state index in [1.165, 1.54) is 19.3 Å². The zero-order valence-electron chi connectivity index (χ0n) is 12.8. The number of carbonyl (C=O) groups is 3. The highest BCUT2D eigenvalue weighted by atomic mass is 16.2. The van der Waals surface area contributed by atoms with Crippen LogP contribution in [0.3, 0.4) is 0 Å². The number of hydrogen-bond donors (Lipinski definition) is 3. The van der Waals surface area contributed by atoms with E-state index >= 15 is 0 Å². The first-order valence-corrected chi connectivity index (χ1v) is 8.28. The first-order chi connectivity index (χ1) is 10.6. The van der Waals surface area contributed by atoms with Gasteiger partial charge in [-0.3, -0.25) is 10.1 Å². The molecule has 22 heavy (non-hydrogen) atoms. The van der Waals surface area contributed by atoms with E-state index in [4.69, 9.17) is 0 Å². The van der Waals surface area contributed by atoms with Crippen molar-refractivity contribution < 1.29 is 14.4 Å². The third-order valence-corrected chi connectivity index (χ3v) is 5.00. The van der Waals surface area contributed by atoms with Crippen molar-refractivity contribution in [1.29, 1.82) is 0 Å². The molecule has 2 heterocycles. The summed E-state index contributed by atoms with van der Waals surface area (Å²) in [6.07, 6.45) is 8.63. The fourth-order valence-corrected chi connectivity index (χ4v) is 3.66. The maximum absolute atomic E-state index is 12.4. The number of rotatable bonds is 1. The first-order valence-electron chi connectivity index (χ1n) is 8.28. The Hall–Kier alpha value is -1.79. The lowest BCUT2D eigenvalue weighted by Gasteiger charge is -2.26. The van der Waals surface area contributed by atoms with Crippen LogP contribution in [0.4, 0.5) is 9.59 Å². The summed E-state index contributed by atoms with van der Waals surface area (Å²) in [7, 11) is 0. The molecule has 3 N–H and O–H groups in total. The van der Waals surface area contributed by atoms with Gasteiger partial charge in [0, 0.05) is 12.6 Å². The van der Waals surface area contributed by atoms with Gasteiger partial charge in [-0.05, 0) is 19.3 Å². The summed E-state index contributed by atoms with van der Waals surface area (Å²) in [5.41, 5.74) is -0.921. The molecule has 1 aliphatic carbocycles. The normalized spacial score (nSPS) is 29.9. The second kappa shape index (κ2) is 6.14. The minimum atomic E-state index is -0.921. The van der Waals surface area contributed by atoms with Crippen LogP contribution >= 0.6 is 0 Å². The molecule has 2 aliphatic heterocycles. The van der Waals surface area contributed by atoms with Crippen LogP contribution in [0.15, 0.2) is 0 Å². The smallest absolute Gasteiger partial charge is 0.322 e. The second-order valence-electron chi connectivity index (χ2n) is 6.65. The Kier molecular flexibility index (Phi) is 4.22. The third kappa shape index (κ3) is 3.03. The summed E-state index contributed by atoms with van der Waals surface area (Å²) >= 11 is 0. The van der Waals surface area contributed by atoms with E-state index in [1.807, 2.05) is 0 Å². The van der Waals surface area contributed by atoms with Crippen molar-refractivity contribution >= 4 is 18.0 Å². The lowest BCUT2D eigenvalue weighted by molar-refractivity contribution is -0.123. The molecule has 5 amide bonds. The molecule has 1 spiro atoms. The molecule has 0 aromatic rings. The van der Waals surface area contributed by atoms with Gasteiger partial charge in [0.25, 0.3) is 5.91 Å². The number of carbonyl (C=O) groups excluding carboxylic acids is 3. The standard InChI is InChI=1S/C15H24N4O3/c20-12-15(18-13(21)17-12)8-9-19(10-15)14(22)16-11-6-4-2-1-3-5-7-11/h11H,1-10H2,(H,16,22)(H2,17,18,20,21)/t15-/m0/s1. The summed E-state index contributed by atoms with van der Waals surface area (Å²) in [6, 6.07) is -0.347. The zero-order valence-corrected chi connectivity index (χ0v) is 12.8. The summed E-state index contributed by atoms with van der Waals surface area (Å²) in [5.74, 6) is -0.321. The van der Waals surface area contributed by atoms with Gasteiger partial charge in [-0.1, -0.05) is 32.1 Å². The highest BCUT2D eigenvalue weighted by Crippen LogP contribution is 2.25. The second-order valence-corrected chi connectivity index (χ2v) is 6.65. The largest absolute Gasteiger partial charge is 0.335 e. The average Bonchev–Trinajstić information content (AvgIpc) is 2.98. The van der Waals surface area contributed by atoms with Gasteiger partial charge < -0.3 is 15.5 Å². The molecule has 0 aromatic carbocycles. The molecule has 3 aliphatic rings. The molecule has 3 rings (SSSR count). The Balaban J connectivity index is 1.55. The van der Waals surface area contributed by atoms with Crippen LogP contribution in [0.5, 0.6) is 0 Å². The number of hydrogen-bond acceptors (Lipinski definition) is 3. The van der Waals surface area contributed by atoms with Crippen molar-refractivity contribution in [2.75, 3.05) is 13.1 Å². The van der Waals surface area contributed by atoms with Crippen LogP contribution < -0.4 is 16.0 Å². The average molecular weight is 308 g/mol. The number of urea groups is 2. The summed E-state index contributed by atoms with van der Waals surface area (Å²) in [6.45, 7) is 0.745. The maximum atomic E-state index is 12.4. The van der Waals surface area contributed by atoms with Crippen molar-refractivity contribution in [2.45, 2.75) is 62.9 Å². The van der Waals surface area contributed by atoms with E-state index in [9.17, 15) is 14.4 Å². The summed E-state index contributed by atoms with van der Waals surface area (Å²) in [4.78, 5) is 37.3. The molecule has 3 fully saturated rings. The van der Waals surface area contributed by atoms with E-state index in [-0.39, 0.29) is 24.5 Å². The van der Waals surface area contributed by atoms with Crippen LogP contribution in [-0.2, 0) is 4.79 Å². The molecule has 2 saturated heterocycles. The van der Waals surface area contributed by atoms with Crippen LogP contribution in [-0.4, -0.2) is 47.5 Å². The molecule has 122 valence electrons. The van der Waals surface area contributed by atoms with E-state index in [2.05, 4.69) is 16.0 Å². The summed E-state index contributed by atoms with van der Waals surface area (Å²) < 4.78 is 0. The number of nitrogens with zero attached hydrogens (tertiary/aromatic N) is 1. The maximum Gasteiger partial charge on any atom is 0.322 e. The number of nitrogens with one attached hydrogen (secondary N) is 3. The van der Waals surface area contributed by atoms with Crippen molar-refractivity contribution in [3.8, 4) is 0 Å². The van der Waals surface area contributed by atoms with Gasteiger partial charge in [-0.2, -0.15) is 0 Å². The quantitative estimate of drug-likeness (QED) is 0.633. The Morgan fingerprint density at radius 1 is 1.14 bits per heavy atom. The highest BCUT2D eigenvalue weighted by molar-refractivity contribution is 6.07. The van der Waals surface area contributed by atoms with E-state index in [0.717, 1.165) is 25.7 Å². The van der Waals surface area contributed by atoms with E-state index < -0.39 is 11.6 Å². The van der Waals surface area contributed by atoms with Crippen LogP contribution in [0.2, 0.25) is 0 Å². The van der Waals surface area contributed by atoms with Gasteiger partial charge in [0.2, 0.25) is 0 Å². The molecule has 0 radical (unpaired) electrons. The summed E-state index contributed by atoms with van der Waals surface area (Å²) in [5, 5.41) is 8.03. The predicted octanol–water partition coefficient (Wildman–Crippen LogP) is 1.09. The lowest BCUT2D eigenvalue weighted by Crippen LogP contribution is -2.51. The van der Waals surface area contributed by atoms with Crippen molar-refractivity contribution in [3.63, 3.8) is 0 Å². The van der Waals surface area contributed by atoms with Gasteiger partial charge in [-0.25, -0.2) is 9.59 Å². The first kappa shape index (κ1) is 15.1. The minimum Gasteiger partial charge on any atom is -0.335 e. The molecule has 7 nitrogen and oxygen atoms in total. The van der Waals surface area contributed by atoms with Crippen molar-refractivity contribution in [1.82, 2.24) is 20.9 Å². The number of amides is 5. The molecule has 0 bridgehead atoms. The topological polar surface area (TPSA) is 90.5 Å². The monoisotopic (exact) mass is 308 g/mol. The molecule has 1 atom stereocenters. The number of imide groups is 1. The molecular formula is C15H24N4O3. The lowest BCUT2D eigenvalue weighted by atomic mass is 9.97. The predicted molar refractivity (Wildman–Crippen MR) is 80.2 cm³/mol. The molecule has 1 saturated carbocycles. The molecule has 0 aromatic heterocycles. The highest BCUT2D eigenvalue weighted by Gasteiger charge is 2.51. The third-order valence-electron chi connectivity index (χ3n) is 5.00. The fraction of sp³-hybridized carbons (Fsp3) is 0.800. The Morgan fingerprint density at radius 3 is 2.45 bits per heavy atom. The Morgan fingerprint density at radius 2 is 1.82 bits per heavy atom. The molecule has 7 heteroatoms. The molecular weight excluding hydrogens is 284 g/mol. The zero-order chi connectivity index (χ0) is 15.6. The van der Waals surface area contributed by atoms with Crippen LogP contribution in [0, 0.1) is 0 Å². The Bertz CT molecular complexity index is 473. The van der Waals surface area contributed by atoms with Crippen molar-refractivity contribution in [2.24, 2.45) is 0 Å². The fourth-order valence-electron chi connectivity index (χ4n) is 3.66.